The monoisotopic (exact) mass is 271 g/mol. The Bertz CT molecular complexity index is 774. The number of hydrazine groups is 1. The van der Waals surface area contributed by atoms with Crippen LogP contribution in [0, 0.1) is 6.92 Å². The molecule has 3 rings (SSSR count). The summed E-state index contributed by atoms with van der Waals surface area (Å²) < 4.78 is 7.23. The Kier molecular flexibility index (Phi) is 2.96. The van der Waals surface area contributed by atoms with E-state index in [-0.39, 0.29) is 5.76 Å². The van der Waals surface area contributed by atoms with Crippen LogP contribution >= 0.6 is 0 Å². The van der Waals surface area contributed by atoms with E-state index in [2.05, 4.69) is 15.7 Å². The number of hydrogen-bond acceptors (Lipinski definition) is 5. The van der Waals surface area contributed by atoms with E-state index in [9.17, 15) is 4.79 Å². The van der Waals surface area contributed by atoms with E-state index >= 15 is 0 Å². The van der Waals surface area contributed by atoms with Gasteiger partial charge >= 0.3 is 5.91 Å². The molecular weight excluding hydrogens is 258 g/mol. The van der Waals surface area contributed by atoms with Crippen LogP contribution in [0.2, 0.25) is 0 Å². The number of hydrogen-bond donors (Lipinski definition) is 2. The second-order valence-electron chi connectivity index (χ2n) is 4.43. The molecule has 7 heteroatoms. The minimum Gasteiger partial charge on any atom is -0.454 e. The molecule has 2 aromatic heterocycles. The zero-order chi connectivity index (χ0) is 14.1. The van der Waals surface area contributed by atoms with Crippen molar-refractivity contribution in [1.82, 2.24) is 20.4 Å². The molecule has 1 aromatic carbocycles. The highest BCUT2D eigenvalue weighted by Gasteiger charge is 2.15. The van der Waals surface area contributed by atoms with Gasteiger partial charge in [0.05, 0.1) is 5.52 Å². The lowest BCUT2D eigenvalue weighted by atomic mass is 10.2. The summed E-state index contributed by atoms with van der Waals surface area (Å²) in [6.45, 7) is 2.19. The van der Waals surface area contributed by atoms with Crippen LogP contribution < -0.4 is 11.3 Å². The van der Waals surface area contributed by atoms with Crippen LogP contribution in [0.1, 0.15) is 21.9 Å². The minimum atomic E-state index is -0.447. The van der Waals surface area contributed by atoms with Gasteiger partial charge in [-0.3, -0.25) is 10.2 Å². The Morgan fingerprint density at radius 1 is 1.45 bits per heavy atom. The fourth-order valence-corrected chi connectivity index (χ4v) is 2.10. The molecule has 0 spiro atoms. The van der Waals surface area contributed by atoms with E-state index in [1.54, 1.807) is 17.7 Å². The average molecular weight is 271 g/mol. The summed E-state index contributed by atoms with van der Waals surface area (Å²) in [5.74, 6) is 5.50. The smallest absolute Gasteiger partial charge is 0.301 e. The number of carbonyl (C=O) groups is 1. The molecule has 20 heavy (non-hydrogen) atoms. The molecule has 0 aliphatic carbocycles. The largest absolute Gasteiger partial charge is 0.454 e. The van der Waals surface area contributed by atoms with Gasteiger partial charge in [-0.2, -0.15) is 0 Å². The topological polar surface area (TPSA) is 99.0 Å². The van der Waals surface area contributed by atoms with Crippen LogP contribution in [0.4, 0.5) is 0 Å². The quantitative estimate of drug-likeness (QED) is 0.420. The first-order valence-corrected chi connectivity index (χ1v) is 6.07. The van der Waals surface area contributed by atoms with Crippen LogP contribution in [0.15, 0.2) is 34.7 Å². The van der Waals surface area contributed by atoms with Crippen molar-refractivity contribution in [1.29, 1.82) is 0 Å². The number of nitrogens with two attached hydrogens (primary N) is 1. The van der Waals surface area contributed by atoms with Gasteiger partial charge < -0.3 is 4.42 Å². The molecule has 0 aliphatic heterocycles. The highest BCUT2D eigenvalue weighted by molar-refractivity contribution is 5.92. The van der Waals surface area contributed by atoms with Crippen LogP contribution in [0.25, 0.3) is 11.0 Å². The second-order valence-corrected chi connectivity index (χ2v) is 4.43. The van der Waals surface area contributed by atoms with Gasteiger partial charge in [0.1, 0.15) is 17.8 Å². The predicted molar refractivity (Wildman–Crippen MR) is 71.7 cm³/mol. The fraction of sp³-hybridized carbons (Fsp3) is 0.154. The van der Waals surface area contributed by atoms with Crippen molar-refractivity contribution >= 4 is 16.9 Å². The Balaban J connectivity index is 1.93. The molecule has 0 radical (unpaired) electrons. The standard InChI is InChI=1S/C13H13N5O2/c1-8-6-9(20-12(8)13(19)15-14)7-18-11-5-3-2-4-10(11)16-17-18/h2-6H,7,14H2,1H3,(H,15,19). The van der Waals surface area contributed by atoms with Gasteiger partial charge in [0.15, 0.2) is 5.76 Å². The number of aryl methyl sites for hydroxylation is 1. The van der Waals surface area contributed by atoms with Gasteiger partial charge in [-0.1, -0.05) is 17.3 Å². The summed E-state index contributed by atoms with van der Waals surface area (Å²) in [5.41, 5.74) is 4.51. The van der Waals surface area contributed by atoms with E-state index in [1.165, 1.54) is 0 Å². The molecule has 0 saturated carbocycles. The van der Waals surface area contributed by atoms with Gasteiger partial charge in [-0.05, 0) is 25.1 Å². The number of nitrogens with one attached hydrogen (secondary N) is 1. The molecule has 7 nitrogen and oxygen atoms in total. The lowest BCUT2D eigenvalue weighted by Crippen LogP contribution is -2.30. The SMILES string of the molecule is Cc1cc(Cn2nnc3ccccc32)oc1C(=O)NN. The number of benzene rings is 1. The third kappa shape index (κ3) is 2.04. The summed E-state index contributed by atoms with van der Waals surface area (Å²) in [5, 5.41) is 8.14. The minimum absolute atomic E-state index is 0.215. The van der Waals surface area contributed by atoms with Crippen molar-refractivity contribution in [3.05, 3.63) is 47.4 Å². The van der Waals surface area contributed by atoms with Crippen LogP contribution in [0.3, 0.4) is 0 Å². The van der Waals surface area contributed by atoms with E-state index < -0.39 is 5.91 Å². The van der Waals surface area contributed by atoms with Crippen molar-refractivity contribution in [3.63, 3.8) is 0 Å². The Morgan fingerprint density at radius 2 is 2.25 bits per heavy atom. The maximum Gasteiger partial charge on any atom is 0.301 e. The predicted octanol–water partition coefficient (Wildman–Crippen LogP) is 0.985. The lowest BCUT2D eigenvalue weighted by Gasteiger charge is -1.99. The third-order valence-corrected chi connectivity index (χ3v) is 3.03. The molecule has 0 bridgehead atoms. The molecule has 3 N–H and O–H groups in total. The Morgan fingerprint density at radius 3 is 3.05 bits per heavy atom. The van der Waals surface area contributed by atoms with Gasteiger partial charge in [-0.25, -0.2) is 10.5 Å². The number of carbonyl (C=O) groups excluding carboxylic acids is 1. The molecule has 0 atom stereocenters. The van der Waals surface area contributed by atoms with Crippen molar-refractivity contribution in [2.24, 2.45) is 5.84 Å². The number of nitrogen functional groups attached to an aromatic ring is 1. The number of aromatic nitrogens is 3. The molecule has 0 saturated heterocycles. The first-order valence-electron chi connectivity index (χ1n) is 6.07. The number of nitrogens with zero attached hydrogens (tertiary/aromatic N) is 3. The fourth-order valence-electron chi connectivity index (χ4n) is 2.10. The zero-order valence-electron chi connectivity index (χ0n) is 10.8. The normalized spacial score (nSPS) is 10.9. The molecule has 0 unspecified atom stereocenters. The number of rotatable bonds is 3. The summed E-state index contributed by atoms with van der Waals surface area (Å²) in [6, 6.07) is 9.43. The third-order valence-electron chi connectivity index (χ3n) is 3.03. The van der Waals surface area contributed by atoms with Crippen LogP contribution in [-0.2, 0) is 6.54 Å². The Hall–Kier alpha value is -2.67. The molecule has 2 heterocycles. The summed E-state index contributed by atoms with van der Waals surface area (Å²) in [6.07, 6.45) is 0. The van der Waals surface area contributed by atoms with E-state index in [0.717, 1.165) is 16.6 Å². The zero-order valence-corrected chi connectivity index (χ0v) is 10.8. The number of furan rings is 1. The number of amides is 1. The van der Waals surface area contributed by atoms with Crippen molar-refractivity contribution in [2.45, 2.75) is 13.5 Å². The molecule has 0 aliphatic rings. The molecule has 3 aromatic rings. The van der Waals surface area contributed by atoms with E-state index in [4.69, 9.17) is 10.3 Å². The van der Waals surface area contributed by atoms with E-state index in [0.29, 0.717) is 12.3 Å². The van der Waals surface area contributed by atoms with Crippen molar-refractivity contribution in [3.8, 4) is 0 Å². The summed E-state index contributed by atoms with van der Waals surface area (Å²) in [7, 11) is 0. The van der Waals surface area contributed by atoms with Gasteiger partial charge in [0.25, 0.3) is 0 Å². The van der Waals surface area contributed by atoms with Gasteiger partial charge in [0, 0.05) is 5.56 Å². The van der Waals surface area contributed by atoms with Crippen molar-refractivity contribution < 1.29 is 9.21 Å². The van der Waals surface area contributed by atoms with Gasteiger partial charge in [-0.15, -0.1) is 5.10 Å². The summed E-state index contributed by atoms with van der Waals surface area (Å²) >= 11 is 0. The highest BCUT2D eigenvalue weighted by atomic mass is 16.4. The second kappa shape index (κ2) is 4.78. The van der Waals surface area contributed by atoms with Crippen LogP contribution in [0.5, 0.6) is 0 Å². The maximum atomic E-state index is 11.5. The number of fused-ring (bicyclic) bond motifs is 1. The first-order chi connectivity index (χ1) is 9.69. The molecule has 1 amide bonds. The first kappa shape index (κ1) is 12.4. The summed E-state index contributed by atoms with van der Waals surface area (Å²) in [4.78, 5) is 11.5. The molecule has 0 fully saturated rings. The van der Waals surface area contributed by atoms with Gasteiger partial charge in [0.2, 0.25) is 0 Å². The lowest BCUT2D eigenvalue weighted by molar-refractivity contribution is 0.0923. The molecule has 102 valence electrons. The van der Waals surface area contributed by atoms with Crippen molar-refractivity contribution in [2.75, 3.05) is 0 Å². The maximum absolute atomic E-state index is 11.5. The Labute approximate surface area is 114 Å². The molecular formula is C13H13N5O2. The average Bonchev–Trinajstić information content (AvgIpc) is 3.03. The highest BCUT2D eigenvalue weighted by Crippen LogP contribution is 2.17. The van der Waals surface area contributed by atoms with E-state index in [1.807, 2.05) is 24.3 Å². The van der Waals surface area contributed by atoms with Crippen LogP contribution in [-0.4, -0.2) is 20.9 Å². The number of para-hydroxylation sites is 1.